The number of aliphatic hydroxyl groups is 2. The Labute approximate surface area is 220 Å². The molecule has 0 saturated carbocycles. The summed E-state index contributed by atoms with van der Waals surface area (Å²) in [6.07, 6.45) is -2.79. The second-order valence-electron chi connectivity index (χ2n) is 9.23. The van der Waals surface area contributed by atoms with E-state index < -0.39 is 49.0 Å². The maximum absolute atomic E-state index is 14.3. The van der Waals surface area contributed by atoms with Crippen molar-refractivity contribution in [2.24, 2.45) is 4.99 Å². The summed E-state index contributed by atoms with van der Waals surface area (Å²) in [7, 11) is 1.16. The van der Waals surface area contributed by atoms with Crippen molar-refractivity contribution in [3.05, 3.63) is 62.0 Å². The summed E-state index contributed by atoms with van der Waals surface area (Å²) in [6, 6.07) is 1.31. The van der Waals surface area contributed by atoms with E-state index in [1.54, 1.807) is 0 Å². The van der Waals surface area contributed by atoms with Crippen molar-refractivity contribution >= 4 is 34.7 Å². The zero-order chi connectivity index (χ0) is 27.1. The van der Waals surface area contributed by atoms with Gasteiger partial charge in [0.2, 0.25) is 0 Å². The zero-order valence-corrected chi connectivity index (χ0v) is 21.8. The smallest absolute Gasteiger partial charge is 0.338 e. The summed E-state index contributed by atoms with van der Waals surface area (Å²) >= 11 is 7.65. The van der Waals surface area contributed by atoms with Crippen molar-refractivity contribution in [1.82, 2.24) is 15.2 Å². The number of aliphatic imine (C=N–C) groups is 1. The highest BCUT2D eigenvalue weighted by atomic mass is 35.5. The third-order valence-electron chi connectivity index (χ3n) is 6.22. The van der Waals surface area contributed by atoms with Crippen LogP contribution in [0.3, 0.4) is 0 Å². The van der Waals surface area contributed by atoms with E-state index in [0.717, 1.165) is 18.9 Å². The van der Waals surface area contributed by atoms with Crippen molar-refractivity contribution < 1.29 is 32.9 Å². The molecule has 2 aliphatic heterocycles. The number of nitrogens with zero attached hydrogens (tertiary/aromatic N) is 3. The fourth-order valence-electron chi connectivity index (χ4n) is 4.37. The van der Waals surface area contributed by atoms with Crippen LogP contribution in [0.4, 0.5) is 13.2 Å². The first kappa shape index (κ1) is 27.5. The van der Waals surface area contributed by atoms with Crippen LogP contribution in [0.25, 0.3) is 0 Å². The van der Waals surface area contributed by atoms with Crippen LogP contribution in [0.1, 0.15) is 48.5 Å². The fraction of sp³-hybridized carbons (Fsp3) is 0.458. The number of carbonyl (C=O) groups excluding carboxylic acids is 1. The first-order chi connectivity index (χ1) is 17.4. The summed E-state index contributed by atoms with van der Waals surface area (Å²) < 4.78 is 47.3. The number of aromatic nitrogens is 1. The molecule has 1 saturated heterocycles. The average molecular weight is 559 g/mol. The highest BCUT2D eigenvalue weighted by Gasteiger charge is 2.48. The van der Waals surface area contributed by atoms with Gasteiger partial charge in [0, 0.05) is 34.6 Å². The lowest BCUT2D eigenvalue weighted by atomic mass is 9.95. The minimum Gasteiger partial charge on any atom is -0.466 e. The van der Waals surface area contributed by atoms with E-state index in [1.807, 2.05) is 19.2 Å². The van der Waals surface area contributed by atoms with Crippen LogP contribution in [0.5, 0.6) is 0 Å². The Morgan fingerprint density at radius 2 is 2.11 bits per heavy atom. The summed E-state index contributed by atoms with van der Waals surface area (Å²) in [5.74, 6) is -4.15. The Morgan fingerprint density at radius 3 is 2.70 bits per heavy atom. The van der Waals surface area contributed by atoms with Gasteiger partial charge in [-0.2, -0.15) is 0 Å². The van der Waals surface area contributed by atoms with Gasteiger partial charge >= 0.3 is 5.97 Å². The van der Waals surface area contributed by atoms with Crippen molar-refractivity contribution in [2.75, 3.05) is 20.2 Å². The molecule has 1 fully saturated rings. The van der Waals surface area contributed by atoms with Gasteiger partial charge in [-0.25, -0.2) is 22.9 Å². The standard InChI is InChI=1S/C24H26ClF3N4O4S/c1-11(2)16-9-37-21(30-16)20-29-15(8-32-10-24(27,28)7-17(32)22(33)34)18(23(35)36-3)19(31-20)13-5-4-12(26)6-14(13)25/h4-6,9,11,17,19,22,33-34H,7-8,10H2,1-3H3,(H,29,31)/t17-,19-/m0/s1. The first-order valence-corrected chi connectivity index (χ1v) is 12.7. The van der Waals surface area contributed by atoms with Gasteiger partial charge in [0.15, 0.2) is 17.1 Å². The number of alkyl halides is 2. The molecular formula is C24H26ClF3N4O4S. The van der Waals surface area contributed by atoms with Crippen molar-refractivity contribution in [3.8, 4) is 0 Å². The van der Waals surface area contributed by atoms with Crippen LogP contribution in [-0.4, -0.2) is 70.4 Å². The van der Waals surface area contributed by atoms with Gasteiger partial charge in [-0.05, 0) is 18.1 Å². The number of carbonyl (C=O) groups is 1. The van der Waals surface area contributed by atoms with Gasteiger partial charge in [0.25, 0.3) is 5.92 Å². The van der Waals surface area contributed by atoms with Gasteiger partial charge in [0.1, 0.15) is 11.9 Å². The monoisotopic (exact) mass is 558 g/mol. The Kier molecular flexibility index (Phi) is 7.96. The number of thiazole rings is 1. The summed E-state index contributed by atoms with van der Waals surface area (Å²) in [4.78, 5) is 23.5. The number of ether oxygens (including phenoxy) is 1. The second kappa shape index (κ2) is 10.7. The highest BCUT2D eigenvalue weighted by Crippen LogP contribution is 2.39. The largest absolute Gasteiger partial charge is 0.466 e. The first-order valence-electron chi connectivity index (χ1n) is 11.4. The van der Waals surface area contributed by atoms with E-state index in [2.05, 4.69) is 15.3 Å². The number of methoxy groups -OCH3 is 1. The number of benzene rings is 1. The number of hydrogen-bond donors (Lipinski definition) is 3. The van der Waals surface area contributed by atoms with E-state index in [9.17, 15) is 28.2 Å². The van der Waals surface area contributed by atoms with Crippen LogP contribution in [0.2, 0.25) is 5.02 Å². The van der Waals surface area contributed by atoms with E-state index in [4.69, 9.17) is 16.3 Å². The maximum Gasteiger partial charge on any atom is 0.338 e. The summed E-state index contributed by atoms with van der Waals surface area (Å²) in [6.45, 7) is 2.92. The minimum atomic E-state index is -3.16. The van der Waals surface area contributed by atoms with Crippen molar-refractivity contribution in [3.63, 3.8) is 0 Å². The lowest BCUT2D eigenvalue weighted by Crippen LogP contribution is -2.44. The molecule has 200 valence electrons. The zero-order valence-electron chi connectivity index (χ0n) is 20.2. The molecule has 1 aromatic carbocycles. The van der Waals surface area contributed by atoms with E-state index in [1.165, 1.54) is 28.4 Å². The average Bonchev–Trinajstić information content (AvgIpc) is 3.43. The lowest BCUT2D eigenvalue weighted by molar-refractivity contribution is -0.136. The molecule has 2 atom stereocenters. The Bertz CT molecular complexity index is 1250. The lowest BCUT2D eigenvalue weighted by Gasteiger charge is -2.31. The number of hydrogen-bond acceptors (Lipinski definition) is 9. The Balaban J connectivity index is 1.84. The number of rotatable bonds is 7. The van der Waals surface area contributed by atoms with Gasteiger partial charge in [-0.3, -0.25) is 9.89 Å². The Hall–Kier alpha value is -2.51. The highest BCUT2D eigenvalue weighted by molar-refractivity contribution is 7.11. The summed E-state index contributed by atoms with van der Waals surface area (Å²) in [5, 5.41) is 24.9. The number of halogens is 4. The molecule has 13 heteroatoms. The second-order valence-corrected chi connectivity index (χ2v) is 10.5. The van der Waals surface area contributed by atoms with Crippen LogP contribution < -0.4 is 5.32 Å². The molecule has 0 spiro atoms. The molecule has 8 nitrogen and oxygen atoms in total. The molecule has 0 radical (unpaired) electrons. The number of esters is 1. The SMILES string of the molecule is COC(=O)C1=C(CN2CC(F)(F)C[C@H]2C(O)O)NC(c2nc(C(C)C)cs2)=N[C@H]1c1ccc(F)cc1Cl. The molecule has 37 heavy (non-hydrogen) atoms. The molecule has 1 aromatic heterocycles. The van der Waals surface area contributed by atoms with Crippen LogP contribution >= 0.6 is 22.9 Å². The Morgan fingerprint density at radius 1 is 1.38 bits per heavy atom. The molecule has 0 unspecified atom stereocenters. The third kappa shape index (κ3) is 5.83. The number of likely N-dealkylation sites (tertiary alicyclic amines) is 1. The van der Waals surface area contributed by atoms with E-state index in [0.29, 0.717) is 10.6 Å². The van der Waals surface area contributed by atoms with Gasteiger partial charge in [-0.15, -0.1) is 11.3 Å². The predicted molar refractivity (Wildman–Crippen MR) is 132 cm³/mol. The maximum atomic E-state index is 14.3. The van der Waals surface area contributed by atoms with Crippen molar-refractivity contribution in [2.45, 2.75) is 50.5 Å². The third-order valence-corrected chi connectivity index (χ3v) is 7.42. The number of amidine groups is 1. The van der Waals surface area contributed by atoms with Crippen LogP contribution in [0.15, 0.2) is 39.8 Å². The number of aliphatic hydroxyl groups excluding tert-OH is 1. The molecule has 0 bridgehead atoms. The topological polar surface area (TPSA) is 107 Å². The minimum absolute atomic E-state index is 0.00845. The van der Waals surface area contributed by atoms with Crippen LogP contribution in [-0.2, 0) is 9.53 Å². The fourth-order valence-corrected chi connectivity index (χ4v) is 5.57. The molecular weight excluding hydrogens is 533 g/mol. The molecule has 3 N–H and O–H groups in total. The van der Waals surface area contributed by atoms with Gasteiger partial charge < -0.3 is 20.3 Å². The molecule has 2 aromatic rings. The van der Waals surface area contributed by atoms with E-state index >= 15 is 0 Å². The summed E-state index contributed by atoms with van der Waals surface area (Å²) in [5.41, 5.74) is 1.24. The van der Waals surface area contributed by atoms with Crippen molar-refractivity contribution in [1.29, 1.82) is 0 Å². The van der Waals surface area contributed by atoms with Gasteiger partial charge in [-0.1, -0.05) is 31.5 Å². The van der Waals surface area contributed by atoms with E-state index in [-0.39, 0.29) is 34.6 Å². The van der Waals surface area contributed by atoms with Crippen LogP contribution in [0, 0.1) is 5.82 Å². The van der Waals surface area contributed by atoms with Gasteiger partial charge in [0.05, 0.1) is 31.0 Å². The quantitative estimate of drug-likeness (QED) is 0.352. The molecule has 0 aliphatic carbocycles. The number of nitrogens with one attached hydrogen (secondary N) is 1. The normalized spacial score (nSPS) is 22.0. The molecule has 0 amide bonds. The molecule has 3 heterocycles. The predicted octanol–water partition coefficient (Wildman–Crippen LogP) is 3.60. The molecule has 4 rings (SSSR count). The molecule has 2 aliphatic rings.